The average Bonchev–Trinajstić information content (AvgIpc) is 2.65. The number of halogens is 1. The van der Waals surface area contributed by atoms with Crippen LogP contribution in [-0.2, 0) is 0 Å². The molecule has 0 bridgehead atoms. The monoisotopic (exact) mass is 294 g/mol. The highest BCUT2D eigenvalue weighted by Gasteiger charge is 2.22. The van der Waals surface area contributed by atoms with Crippen molar-refractivity contribution in [2.75, 3.05) is 11.9 Å². The third kappa shape index (κ3) is 2.53. The fourth-order valence-corrected chi connectivity index (χ4v) is 2.90. The Hall–Kier alpha value is -2.24. The maximum atomic E-state index is 9.38. The standard InChI is InChI=1S/C18H15ClN2/c1-21-15(12-20)8-9-16(13-5-3-2-4-6-13)17-11-14(19)7-10-18(17)21/h2-7,9-11,15H,8H2,1H3. The summed E-state index contributed by atoms with van der Waals surface area (Å²) in [5, 5.41) is 10.1. The van der Waals surface area contributed by atoms with Gasteiger partial charge in [0.1, 0.15) is 6.04 Å². The predicted molar refractivity (Wildman–Crippen MR) is 87.4 cm³/mol. The average molecular weight is 295 g/mol. The smallest absolute Gasteiger partial charge is 0.120 e. The van der Waals surface area contributed by atoms with Crippen LogP contribution in [0.3, 0.4) is 0 Å². The number of nitriles is 1. The van der Waals surface area contributed by atoms with Crippen LogP contribution in [-0.4, -0.2) is 13.1 Å². The van der Waals surface area contributed by atoms with Crippen LogP contribution < -0.4 is 4.90 Å². The van der Waals surface area contributed by atoms with Crippen molar-refractivity contribution in [3.05, 3.63) is 70.8 Å². The molecule has 1 heterocycles. The van der Waals surface area contributed by atoms with E-state index >= 15 is 0 Å². The van der Waals surface area contributed by atoms with Crippen molar-refractivity contribution in [3.63, 3.8) is 0 Å². The molecule has 104 valence electrons. The Bertz CT molecular complexity index is 729. The van der Waals surface area contributed by atoms with Gasteiger partial charge in [-0.05, 0) is 29.3 Å². The lowest BCUT2D eigenvalue weighted by atomic mass is 9.96. The van der Waals surface area contributed by atoms with Crippen molar-refractivity contribution in [2.45, 2.75) is 12.5 Å². The molecule has 0 N–H and O–H groups in total. The molecule has 1 atom stereocenters. The van der Waals surface area contributed by atoms with Crippen molar-refractivity contribution >= 4 is 22.9 Å². The first-order valence-electron chi connectivity index (χ1n) is 6.88. The van der Waals surface area contributed by atoms with Crippen LogP contribution in [0.2, 0.25) is 5.02 Å². The Labute approximate surface area is 129 Å². The maximum Gasteiger partial charge on any atom is 0.120 e. The molecule has 0 fully saturated rings. The summed E-state index contributed by atoms with van der Waals surface area (Å²) in [6.07, 6.45) is 2.84. The lowest BCUT2D eigenvalue weighted by Crippen LogP contribution is -2.29. The van der Waals surface area contributed by atoms with E-state index in [1.54, 1.807) is 0 Å². The molecule has 0 radical (unpaired) electrons. The van der Waals surface area contributed by atoms with Crippen molar-refractivity contribution < 1.29 is 0 Å². The summed E-state index contributed by atoms with van der Waals surface area (Å²) in [7, 11) is 1.96. The minimum atomic E-state index is -0.161. The van der Waals surface area contributed by atoms with Crippen LogP contribution in [0.25, 0.3) is 5.57 Å². The molecule has 0 amide bonds. The summed E-state index contributed by atoms with van der Waals surface area (Å²) < 4.78 is 0. The Morgan fingerprint density at radius 1 is 1.19 bits per heavy atom. The van der Waals surface area contributed by atoms with Gasteiger partial charge in [0.2, 0.25) is 0 Å². The zero-order valence-corrected chi connectivity index (χ0v) is 12.5. The summed E-state index contributed by atoms with van der Waals surface area (Å²) in [4.78, 5) is 2.03. The predicted octanol–water partition coefficient (Wildman–Crippen LogP) is 4.50. The minimum absolute atomic E-state index is 0.161. The molecule has 1 unspecified atom stereocenters. The van der Waals surface area contributed by atoms with Gasteiger partial charge in [0, 0.05) is 29.7 Å². The van der Waals surface area contributed by atoms with Crippen molar-refractivity contribution in [1.29, 1.82) is 5.26 Å². The summed E-state index contributed by atoms with van der Waals surface area (Å²) in [5.74, 6) is 0. The molecule has 1 aliphatic heterocycles. The second kappa shape index (κ2) is 5.63. The number of rotatable bonds is 1. The molecule has 3 rings (SSSR count). The number of hydrogen-bond donors (Lipinski definition) is 0. The van der Waals surface area contributed by atoms with Gasteiger partial charge < -0.3 is 4.90 Å². The van der Waals surface area contributed by atoms with Crippen LogP contribution in [0.15, 0.2) is 54.6 Å². The van der Waals surface area contributed by atoms with Gasteiger partial charge >= 0.3 is 0 Å². The van der Waals surface area contributed by atoms with Crippen molar-refractivity contribution in [3.8, 4) is 6.07 Å². The van der Waals surface area contributed by atoms with Gasteiger partial charge in [-0.15, -0.1) is 0 Å². The van der Waals surface area contributed by atoms with Gasteiger partial charge in [-0.3, -0.25) is 0 Å². The van der Waals surface area contributed by atoms with Crippen LogP contribution in [0.5, 0.6) is 0 Å². The molecular formula is C18H15ClN2. The van der Waals surface area contributed by atoms with Crippen LogP contribution in [0, 0.1) is 11.3 Å². The van der Waals surface area contributed by atoms with Gasteiger partial charge in [-0.1, -0.05) is 48.0 Å². The molecular weight excluding hydrogens is 280 g/mol. The largest absolute Gasteiger partial charge is 0.358 e. The molecule has 0 aliphatic carbocycles. The third-order valence-corrected chi connectivity index (χ3v) is 4.11. The minimum Gasteiger partial charge on any atom is -0.358 e. The quantitative estimate of drug-likeness (QED) is 0.774. The highest BCUT2D eigenvalue weighted by atomic mass is 35.5. The molecule has 3 heteroatoms. The van der Waals surface area contributed by atoms with E-state index in [0.717, 1.165) is 22.4 Å². The highest BCUT2D eigenvalue weighted by molar-refractivity contribution is 6.31. The Kier molecular flexibility index (Phi) is 3.68. The number of anilines is 1. The molecule has 0 saturated carbocycles. The number of benzene rings is 2. The highest BCUT2D eigenvalue weighted by Crippen LogP contribution is 2.37. The van der Waals surface area contributed by atoms with E-state index in [9.17, 15) is 5.26 Å². The van der Waals surface area contributed by atoms with Crippen LogP contribution >= 0.6 is 11.6 Å². The van der Waals surface area contributed by atoms with Crippen LogP contribution in [0.1, 0.15) is 17.5 Å². The molecule has 2 aromatic carbocycles. The van der Waals surface area contributed by atoms with E-state index in [1.807, 2.05) is 48.3 Å². The summed E-state index contributed by atoms with van der Waals surface area (Å²) in [6.45, 7) is 0. The Morgan fingerprint density at radius 3 is 2.67 bits per heavy atom. The first-order chi connectivity index (χ1) is 10.2. The molecule has 0 saturated heterocycles. The first kappa shape index (κ1) is 13.7. The summed E-state index contributed by atoms with van der Waals surface area (Å²) in [6, 6.07) is 18.3. The summed E-state index contributed by atoms with van der Waals surface area (Å²) >= 11 is 6.19. The van der Waals surface area contributed by atoms with E-state index in [2.05, 4.69) is 24.3 Å². The molecule has 0 spiro atoms. The zero-order valence-electron chi connectivity index (χ0n) is 11.8. The Morgan fingerprint density at radius 2 is 1.95 bits per heavy atom. The Balaban J connectivity index is 2.21. The van der Waals surface area contributed by atoms with Gasteiger partial charge in [-0.25, -0.2) is 0 Å². The zero-order chi connectivity index (χ0) is 14.8. The molecule has 2 nitrogen and oxygen atoms in total. The topological polar surface area (TPSA) is 27.0 Å². The van der Waals surface area contributed by atoms with Gasteiger partial charge in [0.25, 0.3) is 0 Å². The summed E-state index contributed by atoms with van der Waals surface area (Å²) in [5.41, 5.74) is 4.40. The number of nitrogens with zero attached hydrogens (tertiary/aromatic N) is 2. The normalized spacial score (nSPS) is 17.5. The number of fused-ring (bicyclic) bond motifs is 1. The third-order valence-electron chi connectivity index (χ3n) is 3.88. The molecule has 2 aromatic rings. The van der Waals surface area contributed by atoms with Gasteiger partial charge in [0.15, 0.2) is 0 Å². The van der Waals surface area contributed by atoms with Gasteiger partial charge in [0.05, 0.1) is 6.07 Å². The number of hydrogen-bond acceptors (Lipinski definition) is 2. The second-order valence-electron chi connectivity index (χ2n) is 5.14. The fourth-order valence-electron chi connectivity index (χ4n) is 2.73. The van der Waals surface area contributed by atoms with E-state index in [4.69, 9.17) is 11.6 Å². The SMILES string of the molecule is CN1c2ccc(Cl)cc2C(c2ccccc2)=CCC1C#N. The van der Waals surface area contributed by atoms with Gasteiger partial charge in [-0.2, -0.15) is 5.26 Å². The molecule has 1 aliphatic rings. The van der Waals surface area contributed by atoms with E-state index in [-0.39, 0.29) is 6.04 Å². The van der Waals surface area contributed by atoms with E-state index < -0.39 is 0 Å². The first-order valence-corrected chi connectivity index (χ1v) is 7.26. The molecule has 0 aromatic heterocycles. The molecule has 21 heavy (non-hydrogen) atoms. The van der Waals surface area contributed by atoms with Crippen molar-refractivity contribution in [1.82, 2.24) is 0 Å². The van der Waals surface area contributed by atoms with E-state index in [1.165, 1.54) is 0 Å². The van der Waals surface area contributed by atoms with Crippen LogP contribution in [0.4, 0.5) is 5.69 Å². The fraction of sp³-hybridized carbons (Fsp3) is 0.167. The lowest BCUT2D eigenvalue weighted by molar-refractivity contribution is 0.777. The second-order valence-corrected chi connectivity index (χ2v) is 5.57. The maximum absolute atomic E-state index is 9.38. The van der Waals surface area contributed by atoms with E-state index in [0.29, 0.717) is 11.4 Å². The lowest BCUT2D eigenvalue weighted by Gasteiger charge is -2.24. The van der Waals surface area contributed by atoms with Crippen molar-refractivity contribution in [2.24, 2.45) is 0 Å².